The quantitative estimate of drug-likeness (QED) is 0.641. The number of pyridine rings is 1. The Bertz CT molecular complexity index is 657. The van der Waals surface area contributed by atoms with Gasteiger partial charge in [0, 0.05) is 30.2 Å². The number of aryl methyl sites for hydroxylation is 1. The van der Waals surface area contributed by atoms with Crippen LogP contribution >= 0.6 is 0 Å². The van der Waals surface area contributed by atoms with Gasteiger partial charge in [0.05, 0.1) is 0 Å². The summed E-state index contributed by atoms with van der Waals surface area (Å²) in [6, 6.07) is 10.8. The largest absolute Gasteiger partial charge is 0.481 e. The van der Waals surface area contributed by atoms with E-state index < -0.39 is 5.97 Å². The fraction of sp³-hybridized carbons (Fsp3) is 0.278. The third-order valence-electron chi connectivity index (χ3n) is 3.51. The number of unbranched alkanes of at least 4 members (excludes halogenated alkanes) is 2. The lowest BCUT2D eigenvalue weighted by atomic mass is 10.1. The lowest BCUT2D eigenvalue weighted by Gasteiger charge is -2.08. The molecule has 2 amide bonds. The van der Waals surface area contributed by atoms with Crippen LogP contribution in [0.2, 0.25) is 0 Å². The van der Waals surface area contributed by atoms with E-state index in [-0.39, 0.29) is 12.5 Å². The van der Waals surface area contributed by atoms with Crippen molar-refractivity contribution in [3.63, 3.8) is 0 Å². The molecule has 3 N–H and O–H groups in total. The number of nitrogens with one attached hydrogen (secondary N) is 2. The van der Waals surface area contributed by atoms with Gasteiger partial charge in [0.2, 0.25) is 0 Å². The zero-order valence-electron chi connectivity index (χ0n) is 13.4. The molecular formula is C18H21N3O3. The maximum Gasteiger partial charge on any atom is 0.323 e. The smallest absolute Gasteiger partial charge is 0.323 e. The summed E-state index contributed by atoms with van der Waals surface area (Å²) >= 11 is 0. The number of nitrogens with zero attached hydrogens (tertiary/aromatic N) is 1. The van der Waals surface area contributed by atoms with Crippen molar-refractivity contribution in [2.45, 2.75) is 32.1 Å². The van der Waals surface area contributed by atoms with Gasteiger partial charge in [0.1, 0.15) is 0 Å². The van der Waals surface area contributed by atoms with Gasteiger partial charge in [-0.3, -0.25) is 9.78 Å². The number of hydrogen-bond donors (Lipinski definition) is 3. The molecule has 0 aliphatic carbocycles. The minimum absolute atomic E-state index is 0.232. The highest BCUT2D eigenvalue weighted by atomic mass is 16.4. The number of carbonyl (C=O) groups excluding carboxylic acids is 1. The fourth-order valence-corrected chi connectivity index (χ4v) is 2.27. The lowest BCUT2D eigenvalue weighted by molar-refractivity contribution is -0.137. The summed E-state index contributed by atoms with van der Waals surface area (Å²) in [5.74, 6) is -0.740. The van der Waals surface area contributed by atoms with Crippen LogP contribution in [0.4, 0.5) is 16.2 Å². The molecule has 24 heavy (non-hydrogen) atoms. The molecule has 0 radical (unpaired) electrons. The Labute approximate surface area is 140 Å². The van der Waals surface area contributed by atoms with Gasteiger partial charge in [-0.15, -0.1) is 0 Å². The molecule has 6 heteroatoms. The number of urea groups is 1. The number of amides is 2. The van der Waals surface area contributed by atoms with Crippen molar-refractivity contribution in [1.29, 1.82) is 0 Å². The molecule has 2 rings (SSSR count). The van der Waals surface area contributed by atoms with E-state index in [2.05, 4.69) is 15.6 Å². The van der Waals surface area contributed by atoms with Crippen molar-refractivity contribution in [3.05, 3.63) is 54.4 Å². The highest BCUT2D eigenvalue weighted by Gasteiger charge is 2.03. The van der Waals surface area contributed by atoms with E-state index in [1.165, 1.54) is 5.56 Å². The van der Waals surface area contributed by atoms with Crippen molar-refractivity contribution in [2.24, 2.45) is 0 Å². The van der Waals surface area contributed by atoms with E-state index in [9.17, 15) is 9.59 Å². The van der Waals surface area contributed by atoms with Crippen LogP contribution in [0.15, 0.2) is 48.8 Å². The third-order valence-corrected chi connectivity index (χ3v) is 3.51. The molecule has 126 valence electrons. The summed E-state index contributed by atoms with van der Waals surface area (Å²) in [7, 11) is 0. The maximum absolute atomic E-state index is 11.9. The van der Waals surface area contributed by atoms with Gasteiger partial charge in [-0.1, -0.05) is 18.6 Å². The number of benzene rings is 1. The third kappa shape index (κ3) is 6.48. The van der Waals surface area contributed by atoms with E-state index in [4.69, 9.17) is 5.11 Å². The van der Waals surface area contributed by atoms with Crippen LogP contribution in [0.5, 0.6) is 0 Å². The number of carbonyl (C=O) groups is 2. The van der Waals surface area contributed by atoms with Crippen molar-refractivity contribution >= 4 is 23.4 Å². The predicted octanol–water partition coefficient (Wildman–Crippen LogP) is 3.91. The normalized spacial score (nSPS) is 10.2. The summed E-state index contributed by atoms with van der Waals surface area (Å²) in [6.45, 7) is 0. The number of anilines is 2. The Kier molecular flexibility index (Phi) is 6.76. The summed E-state index contributed by atoms with van der Waals surface area (Å²) in [5.41, 5.74) is 2.57. The molecule has 0 aliphatic heterocycles. The van der Waals surface area contributed by atoms with E-state index >= 15 is 0 Å². The second-order valence-electron chi connectivity index (χ2n) is 5.47. The molecule has 1 heterocycles. The van der Waals surface area contributed by atoms with Gasteiger partial charge in [-0.25, -0.2) is 4.79 Å². The predicted molar refractivity (Wildman–Crippen MR) is 93.1 cm³/mol. The Hall–Kier alpha value is -2.89. The molecule has 0 spiro atoms. The molecule has 0 fully saturated rings. The second-order valence-corrected chi connectivity index (χ2v) is 5.47. The molecule has 0 unspecified atom stereocenters. The fourth-order valence-electron chi connectivity index (χ4n) is 2.27. The van der Waals surface area contributed by atoms with Crippen LogP contribution in [0, 0.1) is 0 Å². The van der Waals surface area contributed by atoms with Crippen LogP contribution in [0.25, 0.3) is 0 Å². The molecule has 1 aromatic heterocycles. The van der Waals surface area contributed by atoms with Gasteiger partial charge in [0.15, 0.2) is 0 Å². The molecular weight excluding hydrogens is 306 g/mol. The topological polar surface area (TPSA) is 91.3 Å². The van der Waals surface area contributed by atoms with E-state index in [0.717, 1.165) is 24.9 Å². The highest BCUT2D eigenvalue weighted by Crippen LogP contribution is 2.13. The van der Waals surface area contributed by atoms with Crippen LogP contribution in [0.3, 0.4) is 0 Å². The number of rotatable bonds is 8. The average Bonchev–Trinajstić information content (AvgIpc) is 2.56. The first-order chi connectivity index (χ1) is 11.6. The zero-order valence-corrected chi connectivity index (χ0v) is 13.4. The Morgan fingerprint density at radius 3 is 2.12 bits per heavy atom. The number of aliphatic carboxylic acids is 1. The SMILES string of the molecule is O=C(O)CCCCCc1ccc(NC(=O)Nc2ccncc2)cc1. The maximum atomic E-state index is 11.9. The van der Waals surface area contributed by atoms with Gasteiger partial charge in [-0.2, -0.15) is 0 Å². The second kappa shape index (κ2) is 9.29. The van der Waals surface area contributed by atoms with Crippen LogP contribution in [-0.2, 0) is 11.2 Å². The Morgan fingerprint density at radius 2 is 1.50 bits per heavy atom. The zero-order chi connectivity index (χ0) is 17.2. The molecule has 0 bridgehead atoms. The van der Waals surface area contributed by atoms with Gasteiger partial charge < -0.3 is 15.7 Å². The summed E-state index contributed by atoms with van der Waals surface area (Å²) in [6.07, 6.45) is 6.94. The number of aromatic nitrogens is 1. The molecule has 0 saturated carbocycles. The number of hydrogen-bond acceptors (Lipinski definition) is 3. The van der Waals surface area contributed by atoms with Crippen LogP contribution < -0.4 is 10.6 Å². The molecule has 0 atom stereocenters. The minimum Gasteiger partial charge on any atom is -0.481 e. The summed E-state index contributed by atoms with van der Waals surface area (Å²) < 4.78 is 0. The summed E-state index contributed by atoms with van der Waals surface area (Å²) in [4.78, 5) is 26.2. The van der Waals surface area contributed by atoms with Crippen LogP contribution in [-0.4, -0.2) is 22.1 Å². The summed E-state index contributed by atoms with van der Waals surface area (Å²) in [5, 5.41) is 14.1. The lowest BCUT2D eigenvalue weighted by Crippen LogP contribution is -2.19. The number of carboxylic acids is 1. The monoisotopic (exact) mass is 327 g/mol. The average molecular weight is 327 g/mol. The molecule has 1 aromatic carbocycles. The van der Waals surface area contributed by atoms with Crippen molar-refractivity contribution < 1.29 is 14.7 Å². The molecule has 0 aliphatic rings. The molecule has 2 aromatic rings. The first-order valence-corrected chi connectivity index (χ1v) is 7.92. The van der Waals surface area contributed by atoms with E-state index in [1.54, 1.807) is 24.5 Å². The van der Waals surface area contributed by atoms with E-state index in [0.29, 0.717) is 12.1 Å². The van der Waals surface area contributed by atoms with Gasteiger partial charge >= 0.3 is 12.0 Å². The van der Waals surface area contributed by atoms with Gasteiger partial charge in [0.25, 0.3) is 0 Å². The number of carboxylic acid groups (broad SMARTS) is 1. The Balaban J connectivity index is 1.73. The van der Waals surface area contributed by atoms with Gasteiger partial charge in [-0.05, 0) is 49.1 Å². The van der Waals surface area contributed by atoms with E-state index in [1.807, 2.05) is 24.3 Å². The first kappa shape index (κ1) is 17.5. The molecule has 6 nitrogen and oxygen atoms in total. The van der Waals surface area contributed by atoms with Crippen molar-refractivity contribution in [2.75, 3.05) is 10.6 Å². The minimum atomic E-state index is -0.740. The molecule has 0 saturated heterocycles. The highest BCUT2D eigenvalue weighted by molar-refractivity contribution is 5.99. The standard InChI is InChI=1S/C18H21N3O3/c22-17(23)5-3-1-2-4-14-6-8-15(9-7-14)20-18(24)21-16-10-12-19-13-11-16/h6-13H,1-5H2,(H,22,23)(H2,19,20,21,24). The van der Waals surface area contributed by atoms with Crippen molar-refractivity contribution in [3.8, 4) is 0 Å². The van der Waals surface area contributed by atoms with Crippen LogP contribution in [0.1, 0.15) is 31.2 Å². The first-order valence-electron chi connectivity index (χ1n) is 7.92. The Morgan fingerprint density at radius 1 is 0.875 bits per heavy atom. The van der Waals surface area contributed by atoms with Crippen molar-refractivity contribution in [1.82, 2.24) is 4.98 Å².